The lowest BCUT2D eigenvalue weighted by Crippen LogP contribution is -2.71. The number of nitrogen functional groups attached to an aromatic ring is 1. The van der Waals surface area contributed by atoms with Crippen molar-refractivity contribution in [3.05, 3.63) is 28.7 Å². The Bertz CT molecular complexity index is 1240. The molecular weight excluding hydrogens is 512 g/mol. The molecule has 4 aliphatic rings. The Kier molecular flexibility index (Phi) is 6.40. The standard InChI is InChI=1S/C20H22N8O6S2/c21-20-24-14(26-36-20)11(25-34)15(29)23-12-17(31)28-13(19(32)33)9(7-35-18(12)28)5-8-2-4-27(16(8)30)10-1-3-22-6-10/h5,10,12,18,22,34H,1-4,6-7H2,(H,23,29)(H,32,33)(H2,21,24,26)/b8-5+,25-11+/t10?,12?,18-/m1/s1. The minimum Gasteiger partial charge on any atom is -0.477 e. The number of rotatable bonds is 6. The van der Waals surface area contributed by atoms with Crippen molar-refractivity contribution < 1.29 is 29.5 Å². The fraction of sp³-hybridized carbons (Fsp3) is 0.450. The number of oxime groups is 1. The highest BCUT2D eigenvalue weighted by molar-refractivity contribution is 8.00. The summed E-state index contributed by atoms with van der Waals surface area (Å²) in [5.74, 6) is -2.90. The van der Waals surface area contributed by atoms with E-state index in [4.69, 9.17) is 5.73 Å². The Balaban J connectivity index is 1.33. The number of amides is 3. The van der Waals surface area contributed by atoms with Gasteiger partial charge >= 0.3 is 5.97 Å². The third kappa shape index (κ3) is 4.10. The number of carbonyl (C=O) groups excluding carboxylic acids is 3. The largest absolute Gasteiger partial charge is 0.477 e. The molecule has 14 nitrogen and oxygen atoms in total. The van der Waals surface area contributed by atoms with Crippen molar-refractivity contribution in [2.24, 2.45) is 5.16 Å². The van der Waals surface area contributed by atoms with Gasteiger partial charge in [0.15, 0.2) is 5.13 Å². The van der Waals surface area contributed by atoms with Gasteiger partial charge in [-0.1, -0.05) is 5.16 Å². The number of β-lactam (4-membered cyclic amide) rings is 1. The monoisotopic (exact) mass is 534 g/mol. The number of hydrogen-bond donors (Lipinski definition) is 5. The van der Waals surface area contributed by atoms with E-state index in [0.717, 1.165) is 35.9 Å². The topological polar surface area (TPSA) is 203 Å². The zero-order valence-electron chi connectivity index (χ0n) is 18.7. The molecule has 5 heterocycles. The second-order valence-corrected chi connectivity index (χ2v) is 10.4. The molecule has 1 aromatic rings. The summed E-state index contributed by atoms with van der Waals surface area (Å²) in [7, 11) is 0. The van der Waals surface area contributed by atoms with E-state index >= 15 is 0 Å². The summed E-state index contributed by atoms with van der Waals surface area (Å²) >= 11 is 2.07. The number of carboxylic acid groups (broad SMARTS) is 1. The van der Waals surface area contributed by atoms with Crippen LogP contribution in [-0.2, 0) is 19.2 Å². The Morgan fingerprint density at radius 3 is 2.78 bits per heavy atom. The van der Waals surface area contributed by atoms with Crippen LogP contribution < -0.4 is 16.4 Å². The van der Waals surface area contributed by atoms with Gasteiger partial charge in [-0.25, -0.2) is 4.79 Å². The molecule has 16 heteroatoms. The summed E-state index contributed by atoms with van der Waals surface area (Å²) in [6.45, 7) is 2.17. The fourth-order valence-electron chi connectivity index (χ4n) is 4.72. The van der Waals surface area contributed by atoms with Gasteiger partial charge in [0.2, 0.25) is 17.4 Å². The molecule has 0 spiro atoms. The number of anilines is 1. The van der Waals surface area contributed by atoms with Crippen molar-refractivity contribution in [3.63, 3.8) is 0 Å². The second-order valence-electron chi connectivity index (χ2n) is 8.51. The van der Waals surface area contributed by atoms with E-state index < -0.39 is 34.9 Å². The van der Waals surface area contributed by atoms with Crippen molar-refractivity contribution in [3.8, 4) is 0 Å². The van der Waals surface area contributed by atoms with Crippen molar-refractivity contribution in [1.82, 2.24) is 29.8 Å². The molecular formula is C20H22N8O6S2. The molecule has 2 unspecified atom stereocenters. The number of allylic oxidation sites excluding steroid dienone is 1. The number of aromatic nitrogens is 2. The molecule has 3 fully saturated rings. The number of nitrogens with zero attached hydrogens (tertiary/aromatic N) is 5. The SMILES string of the molecule is Nc1nc(/C(=N\O)C(=O)NC2C(=O)N3C(C(=O)O)=C(/C=C4\CCN(C5CCNC5)C4=O)CS[C@H]23)ns1. The Labute approximate surface area is 212 Å². The number of likely N-dealkylation sites (tertiary alicyclic amines) is 1. The summed E-state index contributed by atoms with van der Waals surface area (Å²) in [6, 6.07) is -0.914. The lowest BCUT2D eigenvalue weighted by Gasteiger charge is -2.49. The minimum atomic E-state index is -1.30. The fourth-order valence-corrected chi connectivity index (χ4v) is 6.46. The molecule has 3 amide bonds. The van der Waals surface area contributed by atoms with E-state index in [1.165, 1.54) is 11.8 Å². The Hall–Kier alpha value is -3.50. The molecule has 0 saturated carbocycles. The average Bonchev–Trinajstić information content (AvgIpc) is 3.60. The maximum atomic E-state index is 12.9. The summed E-state index contributed by atoms with van der Waals surface area (Å²) in [4.78, 5) is 57.3. The van der Waals surface area contributed by atoms with Gasteiger partial charge in [0, 0.05) is 42.0 Å². The van der Waals surface area contributed by atoms with Crippen LogP contribution in [0.4, 0.5) is 5.13 Å². The number of aliphatic carboxylic acids is 1. The zero-order chi connectivity index (χ0) is 25.6. The van der Waals surface area contributed by atoms with E-state index in [0.29, 0.717) is 24.1 Å². The molecule has 4 aliphatic heterocycles. The van der Waals surface area contributed by atoms with E-state index in [2.05, 4.69) is 25.1 Å². The molecule has 0 radical (unpaired) electrons. The predicted octanol–water partition coefficient (Wildman–Crippen LogP) is -1.44. The van der Waals surface area contributed by atoms with Crippen molar-refractivity contribution in [1.29, 1.82) is 0 Å². The molecule has 190 valence electrons. The highest BCUT2D eigenvalue weighted by atomic mass is 32.2. The van der Waals surface area contributed by atoms with Crippen LogP contribution in [0, 0.1) is 0 Å². The molecule has 5 rings (SSSR count). The molecule has 1 aromatic heterocycles. The molecule has 0 bridgehead atoms. The summed E-state index contributed by atoms with van der Waals surface area (Å²) in [6.07, 6.45) is 2.97. The summed E-state index contributed by atoms with van der Waals surface area (Å²) < 4.78 is 3.82. The first-order valence-corrected chi connectivity index (χ1v) is 12.9. The molecule has 6 N–H and O–H groups in total. The van der Waals surface area contributed by atoms with E-state index in [1.54, 1.807) is 6.08 Å². The predicted molar refractivity (Wildman–Crippen MR) is 128 cm³/mol. The molecule has 0 aliphatic carbocycles. The minimum absolute atomic E-state index is 0.0642. The highest BCUT2D eigenvalue weighted by Gasteiger charge is 2.54. The summed E-state index contributed by atoms with van der Waals surface area (Å²) in [5.41, 5.74) is 5.67. The van der Waals surface area contributed by atoms with Gasteiger partial charge in [0.05, 0.1) is 0 Å². The van der Waals surface area contributed by atoms with E-state index in [9.17, 15) is 29.5 Å². The van der Waals surface area contributed by atoms with Gasteiger partial charge in [0.25, 0.3) is 11.8 Å². The summed E-state index contributed by atoms with van der Waals surface area (Å²) in [5, 5.41) is 27.1. The number of fused-ring (bicyclic) bond motifs is 1. The first-order valence-electron chi connectivity index (χ1n) is 11.1. The maximum absolute atomic E-state index is 12.9. The third-order valence-corrected chi connectivity index (χ3v) is 8.28. The first-order chi connectivity index (χ1) is 17.3. The first kappa shape index (κ1) is 24.2. The number of carbonyl (C=O) groups is 4. The van der Waals surface area contributed by atoms with Crippen molar-refractivity contribution in [2.45, 2.75) is 30.3 Å². The van der Waals surface area contributed by atoms with Crippen molar-refractivity contribution >= 4 is 57.8 Å². The number of carboxylic acids is 1. The van der Waals surface area contributed by atoms with Crippen LogP contribution in [0.2, 0.25) is 0 Å². The molecule has 36 heavy (non-hydrogen) atoms. The Morgan fingerprint density at radius 2 is 2.14 bits per heavy atom. The van der Waals surface area contributed by atoms with Gasteiger partial charge in [-0.05, 0) is 31.0 Å². The molecule has 3 saturated heterocycles. The van der Waals surface area contributed by atoms with Crippen LogP contribution in [0.3, 0.4) is 0 Å². The third-order valence-electron chi connectivity index (χ3n) is 6.44. The van der Waals surface area contributed by atoms with Crippen LogP contribution in [0.5, 0.6) is 0 Å². The molecule has 0 aromatic carbocycles. The highest BCUT2D eigenvalue weighted by Crippen LogP contribution is 2.41. The van der Waals surface area contributed by atoms with Crippen LogP contribution in [-0.4, -0.2) is 102 Å². The molecule has 3 atom stereocenters. The number of nitrogens with one attached hydrogen (secondary N) is 2. The number of thioether (sulfide) groups is 1. The van der Waals surface area contributed by atoms with Crippen LogP contribution in [0.25, 0.3) is 0 Å². The van der Waals surface area contributed by atoms with Gasteiger partial charge in [-0.2, -0.15) is 9.36 Å². The van der Waals surface area contributed by atoms with Gasteiger partial charge in [-0.3, -0.25) is 19.3 Å². The normalized spacial score (nSPS) is 27.5. The van der Waals surface area contributed by atoms with Gasteiger partial charge < -0.3 is 31.6 Å². The Morgan fingerprint density at radius 1 is 1.33 bits per heavy atom. The lowest BCUT2D eigenvalue weighted by molar-refractivity contribution is -0.150. The average molecular weight is 535 g/mol. The number of nitrogens with two attached hydrogens (primary N) is 1. The van der Waals surface area contributed by atoms with Crippen LogP contribution >= 0.6 is 23.3 Å². The number of hydrogen-bond acceptors (Lipinski definition) is 12. The van der Waals surface area contributed by atoms with E-state index in [1.807, 2.05) is 4.90 Å². The van der Waals surface area contributed by atoms with Gasteiger partial charge in [0.1, 0.15) is 17.1 Å². The quantitative estimate of drug-likeness (QED) is 0.0939. The smallest absolute Gasteiger partial charge is 0.352 e. The van der Waals surface area contributed by atoms with Crippen LogP contribution in [0.15, 0.2) is 28.1 Å². The van der Waals surface area contributed by atoms with Gasteiger partial charge in [-0.15, -0.1) is 11.8 Å². The van der Waals surface area contributed by atoms with Crippen LogP contribution in [0.1, 0.15) is 18.7 Å². The van der Waals surface area contributed by atoms with Crippen molar-refractivity contribution in [2.75, 3.05) is 31.1 Å². The zero-order valence-corrected chi connectivity index (χ0v) is 20.3. The van der Waals surface area contributed by atoms with E-state index in [-0.39, 0.29) is 34.4 Å². The lowest BCUT2D eigenvalue weighted by atomic mass is 10.0. The maximum Gasteiger partial charge on any atom is 0.352 e. The second kappa shape index (κ2) is 9.51.